The number of Topliss-reactive ketones (excluding diaryl/α,β-unsaturated/α-hetero) is 2. The smallest absolute Gasteiger partial charge is 0.250 e. The molecule has 3 nitrogen and oxygen atoms in total. The summed E-state index contributed by atoms with van der Waals surface area (Å²) in [6, 6.07) is 30.9. The van der Waals surface area contributed by atoms with Gasteiger partial charge in [-0.2, -0.15) is 0 Å². The fourth-order valence-corrected chi connectivity index (χ4v) is 3.77. The predicted octanol–water partition coefficient (Wildman–Crippen LogP) is 5.78. The highest BCUT2D eigenvalue weighted by Crippen LogP contribution is 2.35. The van der Waals surface area contributed by atoms with Gasteiger partial charge >= 0.3 is 0 Å². The summed E-state index contributed by atoms with van der Waals surface area (Å²) in [7, 11) is 0. The third-order valence-electron chi connectivity index (χ3n) is 5.16. The highest BCUT2D eigenvalue weighted by atomic mass is 16.2. The number of carbonyl (C=O) groups excluding carboxylic acids is 2. The molecule has 0 aromatic heterocycles. The van der Waals surface area contributed by atoms with Crippen LogP contribution in [0, 0.1) is 0 Å². The van der Waals surface area contributed by atoms with Gasteiger partial charge in [0.15, 0.2) is 0 Å². The highest BCUT2D eigenvalue weighted by Gasteiger charge is 2.32. The van der Waals surface area contributed by atoms with Crippen LogP contribution in [0.3, 0.4) is 0 Å². The van der Waals surface area contributed by atoms with Crippen molar-refractivity contribution < 1.29 is 9.59 Å². The molecular weight excluding hydrogens is 358 g/mol. The molecule has 138 valence electrons. The Morgan fingerprint density at radius 3 is 1.66 bits per heavy atom. The summed E-state index contributed by atoms with van der Waals surface area (Å²) in [4.78, 5) is 28.0. The van der Waals surface area contributed by atoms with Crippen LogP contribution in [-0.2, 0) is 4.79 Å². The van der Waals surface area contributed by atoms with Gasteiger partial charge in [-0.25, -0.2) is 0 Å². The molecule has 29 heavy (non-hydrogen) atoms. The van der Waals surface area contributed by atoms with E-state index in [0.717, 1.165) is 27.7 Å². The largest absolute Gasteiger partial charge is 0.307 e. The Bertz CT molecular complexity index is 1230. The average Bonchev–Trinajstić information content (AvgIpc) is 2.78. The number of para-hydroxylation sites is 2. The summed E-state index contributed by atoms with van der Waals surface area (Å²) in [5.74, 6) is -0.972. The summed E-state index contributed by atoms with van der Waals surface area (Å²) >= 11 is 0. The number of ketones is 2. The first-order chi connectivity index (χ1) is 14.2. The van der Waals surface area contributed by atoms with Crippen LogP contribution in [0.25, 0.3) is 16.8 Å². The highest BCUT2D eigenvalue weighted by molar-refractivity contribution is 6.52. The summed E-state index contributed by atoms with van der Waals surface area (Å²) in [5.41, 5.74) is 3.24. The molecule has 0 unspecified atom stereocenters. The zero-order valence-electron chi connectivity index (χ0n) is 15.6. The number of hydrogen-bond donors (Lipinski definition) is 0. The van der Waals surface area contributed by atoms with E-state index in [2.05, 4.69) is 0 Å². The number of benzene rings is 4. The molecule has 5 rings (SSSR count). The number of allylic oxidation sites excluding steroid dienone is 1. The molecule has 0 N–H and O–H groups in total. The maximum absolute atomic E-state index is 13.2. The van der Waals surface area contributed by atoms with Crippen LogP contribution >= 0.6 is 0 Å². The molecule has 0 amide bonds. The molecule has 1 aliphatic carbocycles. The van der Waals surface area contributed by atoms with Gasteiger partial charge in [0.1, 0.15) is 0 Å². The molecule has 4 aromatic rings. The van der Waals surface area contributed by atoms with Gasteiger partial charge in [0.25, 0.3) is 0 Å². The Hall–Kier alpha value is -3.98. The maximum Gasteiger partial charge on any atom is 0.250 e. The molecule has 0 radical (unpaired) electrons. The molecule has 0 aliphatic heterocycles. The lowest BCUT2D eigenvalue weighted by Gasteiger charge is -2.29. The van der Waals surface area contributed by atoms with Crippen molar-refractivity contribution in [3.8, 4) is 0 Å². The average molecular weight is 375 g/mol. The minimum absolute atomic E-state index is 0.357. The van der Waals surface area contributed by atoms with Crippen molar-refractivity contribution in [1.82, 2.24) is 0 Å². The van der Waals surface area contributed by atoms with E-state index < -0.39 is 11.6 Å². The predicted molar refractivity (Wildman–Crippen MR) is 116 cm³/mol. The lowest BCUT2D eigenvalue weighted by atomic mass is 9.89. The monoisotopic (exact) mass is 375 g/mol. The number of nitrogens with zero attached hydrogens (tertiary/aromatic N) is 1. The van der Waals surface area contributed by atoms with Crippen molar-refractivity contribution in [2.45, 2.75) is 0 Å². The lowest BCUT2D eigenvalue weighted by Crippen LogP contribution is -2.31. The normalized spacial score (nSPS) is 13.2. The standard InChI is InChI=1S/C26H17NO2/c28-25-23-16-19-10-8-7-9-18(19)15-20(23)17-24(26(25)29)27(21-11-3-1-4-12-21)22-13-5-2-6-14-22/h1-17H. The van der Waals surface area contributed by atoms with Crippen LogP contribution in [0.1, 0.15) is 15.9 Å². The first-order valence-electron chi connectivity index (χ1n) is 9.46. The van der Waals surface area contributed by atoms with E-state index >= 15 is 0 Å². The number of carbonyl (C=O) groups is 2. The Labute approximate surface area is 168 Å². The molecule has 0 spiro atoms. The second kappa shape index (κ2) is 6.88. The van der Waals surface area contributed by atoms with E-state index in [4.69, 9.17) is 0 Å². The minimum Gasteiger partial charge on any atom is -0.307 e. The van der Waals surface area contributed by atoms with Crippen LogP contribution < -0.4 is 4.90 Å². The molecule has 4 aromatic carbocycles. The zero-order valence-corrected chi connectivity index (χ0v) is 15.6. The molecule has 0 fully saturated rings. The number of hydrogen-bond acceptors (Lipinski definition) is 3. The van der Waals surface area contributed by atoms with E-state index in [9.17, 15) is 9.59 Å². The molecule has 1 aliphatic rings. The summed E-state index contributed by atoms with van der Waals surface area (Å²) in [6.45, 7) is 0. The van der Waals surface area contributed by atoms with E-state index in [0.29, 0.717) is 11.3 Å². The fourth-order valence-electron chi connectivity index (χ4n) is 3.77. The van der Waals surface area contributed by atoms with Crippen molar-refractivity contribution in [3.63, 3.8) is 0 Å². The van der Waals surface area contributed by atoms with Crippen molar-refractivity contribution >= 4 is 39.8 Å². The SMILES string of the molecule is O=C1C(=O)c2cc3ccccc3cc2C=C1N(c1ccccc1)c1ccccc1. The van der Waals surface area contributed by atoms with Gasteiger partial charge < -0.3 is 4.90 Å². The van der Waals surface area contributed by atoms with E-state index in [1.807, 2.05) is 108 Å². The number of fused-ring (bicyclic) bond motifs is 2. The first kappa shape index (κ1) is 17.1. The maximum atomic E-state index is 13.2. The van der Waals surface area contributed by atoms with Crippen LogP contribution in [0.15, 0.2) is 103 Å². The Morgan fingerprint density at radius 1 is 0.552 bits per heavy atom. The molecule has 0 heterocycles. The van der Waals surface area contributed by atoms with Gasteiger partial charge in [-0.15, -0.1) is 0 Å². The third kappa shape index (κ3) is 2.93. The topological polar surface area (TPSA) is 37.4 Å². The van der Waals surface area contributed by atoms with E-state index in [1.54, 1.807) is 0 Å². The van der Waals surface area contributed by atoms with Gasteiger partial charge in [0.2, 0.25) is 11.6 Å². The minimum atomic E-state index is -0.500. The zero-order chi connectivity index (χ0) is 19.8. The van der Waals surface area contributed by atoms with Crippen LogP contribution in [0.2, 0.25) is 0 Å². The first-order valence-corrected chi connectivity index (χ1v) is 9.46. The van der Waals surface area contributed by atoms with Gasteiger partial charge in [0, 0.05) is 16.9 Å². The lowest BCUT2D eigenvalue weighted by molar-refractivity contribution is -0.111. The Balaban J connectivity index is 1.74. The van der Waals surface area contributed by atoms with Crippen LogP contribution in [-0.4, -0.2) is 11.6 Å². The number of rotatable bonds is 3. The molecule has 3 heteroatoms. The molecule has 0 atom stereocenters. The van der Waals surface area contributed by atoms with Crippen molar-refractivity contribution in [3.05, 3.63) is 114 Å². The quantitative estimate of drug-likeness (QED) is 0.426. The summed E-state index contributed by atoms with van der Waals surface area (Å²) in [5, 5.41) is 1.99. The second-order valence-corrected chi connectivity index (χ2v) is 6.98. The second-order valence-electron chi connectivity index (χ2n) is 6.98. The van der Waals surface area contributed by atoms with Crippen molar-refractivity contribution in [1.29, 1.82) is 0 Å². The van der Waals surface area contributed by atoms with Crippen LogP contribution in [0.5, 0.6) is 0 Å². The van der Waals surface area contributed by atoms with Crippen molar-refractivity contribution in [2.75, 3.05) is 4.90 Å². The molecule has 0 bridgehead atoms. The van der Waals surface area contributed by atoms with Gasteiger partial charge in [-0.1, -0.05) is 60.7 Å². The third-order valence-corrected chi connectivity index (χ3v) is 5.16. The van der Waals surface area contributed by atoms with E-state index in [1.165, 1.54) is 0 Å². The van der Waals surface area contributed by atoms with Gasteiger partial charge in [-0.05, 0) is 58.8 Å². The van der Waals surface area contributed by atoms with E-state index in [-0.39, 0.29) is 0 Å². The Morgan fingerprint density at radius 2 is 1.07 bits per heavy atom. The summed E-state index contributed by atoms with van der Waals surface area (Å²) in [6.07, 6.45) is 1.82. The molecular formula is C26H17NO2. The molecule has 0 saturated heterocycles. The van der Waals surface area contributed by atoms with Crippen LogP contribution in [0.4, 0.5) is 11.4 Å². The molecule has 0 saturated carbocycles. The fraction of sp³-hybridized carbons (Fsp3) is 0. The van der Waals surface area contributed by atoms with Crippen molar-refractivity contribution in [2.24, 2.45) is 0 Å². The Kier molecular flexibility index (Phi) is 4.07. The summed E-state index contributed by atoms with van der Waals surface area (Å²) < 4.78 is 0. The van der Waals surface area contributed by atoms with Gasteiger partial charge in [-0.3, -0.25) is 9.59 Å². The van der Waals surface area contributed by atoms with Gasteiger partial charge in [0.05, 0.1) is 5.70 Å². The number of anilines is 2.